The molecule has 4 rings (SSSR count). The highest BCUT2D eigenvalue weighted by Crippen LogP contribution is 2.30. The fourth-order valence-corrected chi connectivity index (χ4v) is 3.53. The average Bonchev–Trinajstić information content (AvgIpc) is 3.11. The van der Waals surface area contributed by atoms with Gasteiger partial charge in [0.15, 0.2) is 0 Å². The van der Waals surface area contributed by atoms with Crippen LogP contribution in [0, 0.1) is 5.82 Å². The maximum Gasteiger partial charge on any atom is 0.249 e. The third-order valence-corrected chi connectivity index (χ3v) is 5.18. The van der Waals surface area contributed by atoms with Crippen LogP contribution in [0.3, 0.4) is 0 Å². The van der Waals surface area contributed by atoms with Crippen molar-refractivity contribution in [2.75, 3.05) is 16.9 Å². The Balaban J connectivity index is 1.63. The van der Waals surface area contributed by atoms with Crippen LogP contribution in [0.15, 0.2) is 59.5 Å². The Hall–Kier alpha value is -3.13. The second-order valence-electron chi connectivity index (χ2n) is 6.36. The molecular formula is C20H17FN4O2S. The molecule has 1 atom stereocenters. The number of carbonyl (C=O) groups excluding carboxylic acids is 2. The monoisotopic (exact) mass is 396 g/mol. The summed E-state index contributed by atoms with van der Waals surface area (Å²) in [6.07, 6.45) is 1.95. The van der Waals surface area contributed by atoms with Crippen LogP contribution in [0.4, 0.5) is 15.9 Å². The molecule has 0 spiro atoms. The zero-order chi connectivity index (χ0) is 19.7. The van der Waals surface area contributed by atoms with E-state index in [9.17, 15) is 14.0 Å². The Morgan fingerprint density at radius 1 is 1.25 bits per heavy atom. The number of anilines is 2. The topological polar surface area (TPSA) is 76.0 Å². The highest BCUT2D eigenvalue weighted by molar-refractivity contribution is 7.98. The Morgan fingerprint density at radius 3 is 2.79 bits per heavy atom. The molecule has 1 aliphatic heterocycles. The maximum atomic E-state index is 13.2. The maximum absolute atomic E-state index is 13.2. The molecule has 28 heavy (non-hydrogen) atoms. The number of aromatic nitrogens is 2. The second kappa shape index (κ2) is 7.47. The van der Waals surface area contributed by atoms with Gasteiger partial charge in [0.25, 0.3) is 0 Å². The molecule has 1 aliphatic rings. The molecule has 0 bridgehead atoms. The lowest BCUT2D eigenvalue weighted by molar-refractivity contribution is -0.125. The molecule has 0 saturated heterocycles. The van der Waals surface area contributed by atoms with Crippen LogP contribution in [-0.4, -0.2) is 27.9 Å². The van der Waals surface area contributed by atoms with E-state index in [1.165, 1.54) is 16.8 Å². The highest BCUT2D eigenvalue weighted by Gasteiger charge is 2.32. The number of amides is 2. The van der Waals surface area contributed by atoms with E-state index in [4.69, 9.17) is 0 Å². The van der Waals surface area contributed by atoms with Gasteiger partial charge in [-0.25, -0.2) is 9.07 Å². The van der Waals surface area contributed by atoms with Gasteiger partial charge in [0.05, 0.1) is 12.1 Å². The number of thioether (sulfide) groups is 1. The molecule has 0 radical (unpaired) electrons. The smallest absolute Gasteiger partial charge is 0.249 e. The van der Waals surface area contributed by atoms with Gasteiger partial charge in [0, 0.05) is 22.2 Å². The minimum atomic E-state index is -0.768. The molecule has 0 saturated carbocycles. The second-order valence-corrected chi connectivity index (χ2v) is 7.24. The number of hydrogen-bond acceptors (Lipinski definition) is 4. The van der Waals surface area contributed by atoms with Crippen LogP contribution in [0.1, 0.15) is 12.5 Å². The van der Waals surface area contributed by atoms with E-state index in [2.05, 4.69) is 15.7 Å². The van der Waals surface area contributed by atoms with Crippen molar-refractivity contribution in [2.24, 2.45) is 0 Å². The first-order valence-electron chi connectivity index (χ1n) is 8.64. The Kier molecular flexibility index (Phi) is 4.87. The van der Waals surface area contributed by atoms with Crippen LogP contribution >= 0.6 is 11.8 Å². The lowest BCUT2D eigenvalue weighted by Gasteiger charge is -2.23. The van der Waals surface area contributed by atoms with Crippen LogP contribution in [0.5, 0.6) is 0 Å². The summed E-state index contributed by atoms with van der Waals surface area (Å²) in [7, 11) is 0. The lowest BCUT2D eigenvalue weighted by Crippen LogP contribution is -2.35. The van der Waals surface area contributed by atoms with E-state index in [1.54, 1.807) is 36.0 Å². The van der Waals surface area contributed by atoms with E-state index in [0.717, 1.165) is 4.90 Å². The Bertz CT molecular complexity index is 1050. The number of nitrogens with zero attached hydrogens (tertiary/aromatic N) is 2. The number of carbonyl (C=O) groups is 2. The normalized spacial score (nSPS) is 15.6. The van der Waals surface area contributed by atoms with Crippen molar-refractivity contribution < 1.29 is 14.0 Å². The van der Waals surface area contributed by atoms with Crippen molar-refractivity contribution in [2.45, 2.75) is 17.4 Å². The van der Waals surface area contributed by atoms with E-state index in [1.807, 2.05) is 24.5 Å². The van der Waals surface area contributed by atoms with Crippen LogP contribution in [0.25, 0.3) is 11.3 Å². The summed E-state index contributed by atoms with van der Waals surface area (Å²) in [6, 6.07) is 14.3. The fourth-order valence-electron chi connectivity index (χ4n) is 3.07. The quantitative estimate of drug-likeness (QED) is 0.655. The number of nitrogens with one attached hydrogen (secondary N) is 2. The first-order valence-corrected chi connectivity index (χ1v) is 9.86. The predicted octanol–water partition coefficient (Wildman–Crippen LogP) is 3.93. The molecule has 2 N–H and O–H groups in total. The van der Waals surface area contributed by atoms with Gasteiger partial charge >= 0.3 is 0 Å². The molecule has 1 aromatic heterocycles. The van der Waals surface area contributed by atoms with Crippen molar-refractivity contribution in [1.82, 2.24) is 9.78 Å². The minimum absolute atomic E-state index is 0.00834. The van der Waals surface area contributed by atoms with Gasteiger partial charge in [0.2, 0.25) is 11.8 Å². The van der Waals surface area contributed by atoms with Gasteiger partial charge < -0.3 is 10.6 Å². The lowest BCUT2D eigenvalue weighted by atomic mass is 10.1. The third-order valence-electron chi connectivity index (χ3n) is 4.46. The molecule has 2 amide bonds. The first-order chi connectivity index (χ1) is 13.5. The molecule has 0 fully saturated rings. The predicted molar refractivity (Wildman–Crippen MR) is 107 cm³/mol. The fraction of sp³-hybridized carbons (Fsp3) is 0.150. The van der Waals surface area contributed by atoms with Gasteiger partial charge in [0.1, 0.15) is 17.7 Å². The molecule has 142 valence electrons. The van der Waals surface area contributed by atoms with Gasteiger partial charge in [-0.05, 0) is 48.7 Å². The number of hydrogen-bond donors (Lipinski definition) is 2. The zero-order valence-electron chi connectivity index (χ0n) is 15.0. The SMILES string of the molecule is CSc1cccc(NC(=O)[C@H]2CC(=O)Nc3cc(-c4ccc(F)cc4)nn32)c1. The van der Waals surface area contributed by atoms with Crippen molar-refractivity contribution in [3.63, 3.8) is 0 Å². The Labute approximate surface area is 165 Å². The molecular weight excluding hydrogens is 379 g/mol. The molecule has 2 aromatic carbocycles. The van der Waals surface area contributed by atoms with Crippen LogP contribution in [0.2, 0.25) is 0 Å². The zero-order valence-corrected chi connectivity index (χ0v) is 15.8. The molecule has 2 heterocycles. The largest absolute Gasteiger partial charge is 0.324 e. The summed E-state index contributed by atoms with van der Waals surface area (Å²) in [5, 5.41) is 10.1. The molecule has 0 unspecified atom stereocenters. The van der Waals surface area contributed by atoms with Crippen molar-refractivity contribution in [3.05, 3.63) is 60.4 Å². The van der Waals surface area contributed by atoms with Gasteiger partial charge in [-0.15, -0.1) is 11.8 Å². The standard InChI is InChI=1S/C20H17FN4O2S/c1-28-15-4-2-3-14(9-15)22-20(27)17-11-19(26)23-18-10-16(24-25(17)18)12-5-7-13(21)8-6-12/h2-10,17H,11H2,1H3,(H,22,27)(H,23,26)/t17-/m1/s1. The van der Waals surface area contributed by atoms with E-state index in [0.29, 0.717) is 22.8 Å². The van der Waals surface area contributed by atoms with Crippen molar-refractivity contribution in [1.29, 1.82) is 0 Å². The number of fused-ring (bicyclic) bond motifs is 1. The van der Waals surface area contributed by atoms with E-state index in [-0.39, 0.29) is 24.1 Å². The van der Waals surface area contributed by atoms with Crippen LogP contribution in [-0.2, 0) is 9.59 Å². The number of halogens is 1. The van der Waals surface area contributed by atoms with Crippen molar-refractivity contribution in [3.8, 4) is 11.3 Å². The average molecular weight is 396 g/mol. The highest BCUT2D eigenvalue weighted by atomic mass is 32.2. The number of benzene rings is 2. The van der Waals surface area contributed by atoms with Gasteiger partial charge in [-0.3, -0.25) is 9.59 Å². The van der Waals surface area contributed by atoms with E-state index < -0.39 is 6.04 Å². The van der Waals surface area contributed by atoms with Crippen LogP contribution < -0.4 is 10.6 Å². The summed E-state index contributed by atoms with van der Waals surface area (Å²) in [4.78, 5) is 26.0. The first kappa shape index (κ1) is 18.2. The Morgan fingerprint density at radius 2 is 2.04 bits per heavy atom. The summed E-state index contributed by atoms with van der Waals surface area (Å²) in [5.74, 6) is -0.474. The summed E-state index contributed by atoms with van der Waals surface area (Å²) in [5.41, 5.74) is 1.92. The summed E-state index contributed by atoms with van der Waals surface area (Å²) < 4.78 is 14.7. The molecule has 0 aliphatic carbocycles. The van der Waals surface area contributed by atoms with Gasteiger partial charge in [-0.1, -0.05) is 6.07 Å². The molecule has 8 heteroatoms. The number of rotatable bonds is 4. The van der Waals surface area contributed by atoms with Crippen molar-refractivity contribution >= 4 is 35.1 Å². The summed E-state index contributed by atoms with van der Waals surface area (Å²) >= 11 is 1.58. The van der Waals surface area contributed by atoms with E-state index >= 15 is 0 Å². The minimum Gasteiger partial charge on any atom is -0.324 e. The van der Waals surface area contributed by atoms with Gasteiger partial charge in [-0.2, -0.15) is 5.10 Å². The summed E-state index contributed by atoms with van der Waals surface area (Å²) in [6.45, 7) is 0. The third kappa shape index (κ3) is 3.63. The molecule has 3 aromatic rings. The molecule has 6 nitrogen and oxygen atoms in total.